The van der Waals surface area contributed by atoms with Gasteiger partial charge in [0.2, 0.25) is 5.78 Å². The van der Waals surface area contributed by atoms with Crippen molar-refractivity contribution in [3.63, 3.8) is 0 Å². The summed E-state index contributed by atoms with van der Waals surface area (Å²) in [6.07, 6.45) is 0. The number of fused-ring (bicyclic) bond motifs is 1. The highest BCUT2D eigenvalue weighted by atomic mass is 35.5. The zero-order chi connectivity index (χ0) is 13.4. The van der Waals surface area contributed by atoms with Crippen molar-refractivity contribution in [1.82, 2.24) is 0 Å². The summed E-state index contributed by atoms with van der Waals surface area (Å²) in [6, 6.07) is 14.7. The van der Waals surface area contributed by atoms with Crippen LogP contribution in [0.3, 0.4) is 0 Å². The highest BCUT2D eigenvalue weighted by Crippen LogP contribution is 2.42. The lowest BCUT2D eigenvalue weighted by atomic mass is 10.1. The van der Waals surface area contributed by atoms with Gasteiger partial charge in [-0.1, -0.05) is 47.6 Å². The van der Waals surface area contributed by atoms with Crippen molar-refractivity contribution in [2.45, 2.75) is 4.90 Å². The lowest BCUT2D eigenvalue weighted by Gasteiger charge is -2.04. The zero-order valence-corrected chi connectivity index (χ0v) is 11.5. The van der Waals surface area contributed by atoms with Crippen LogP contribution < -0.4 is 5.73 Å². The van der Waals surface area contributed by atoms with Gasteiger partial charge in [-0.2, -0.15) is 0 Å². The highest BCUT2D eigenvalue weighted by molar-refractivity contribution is 8.05. The molecule has 0 radical (unpaired) electrons. The van der Waals surface area contributed by atoms with Gasteiger partial charge in [-0.05, 0) is 29.8 Å². The van der Waals surface area contributed by atoms with Crippen LogP contribution in [-0.4, -0.2) is 5.78 Å². The molecule has 2 N–H and O–H groups in total. The maximum Gasteiger partial charge on any atom is 0.202 e. The van der Waals surface area contributed by atoms with Crippen molar-refractivity contribution in [2.24, 2.45) is 5.73 Å². The maximum absolute atomic E-state index is 12.3. The number of benzene rings is 2. The van der Waals surface area contributed by atoms with Gasteiger partial charge >= 0.3 is 0 Å². The second-order valence-corrected chi connectivity index (χ2v) is 5.67. The molecule has 3 rings (SSSR count). The first-order valence-corrected chi connectivity index (χ1v) is 6.93. The Kier molecular flexibility index (Phi) is 3.09. The molecule has 94 valence electrons. The minimum Gasteiger partial charge on any atom is -0.397 e. The topological polar surface area (TPSA) is 43.1 Å². The Balaban J connectivity index is 2.06. The molecule has 4 heteroatoms. The molecule has 0 unspecified atom stereocenters. The van der Waals surface area contributed by atoms with Crippen LogP contribution in [0, 0.1) is 0 Å². The summed E-state index contributed by atoms with van der Waals surface area (Å²) >= 11 is 7.27. The standard InChI is InChI=1S/C15H10ClNOS/c16-10-7-5-9(6-8-10)13(17)15-14(18)11-3-1-2-4-12(11)19-15/h1-8H,17H2. The Morgan fingerprint density at radius 3 is 2.42 bits per heavy atom. The van der Waals surface area contributed by atoms with Crippen LogP contribution in [0.1, 0.15) is 15.9 Å². The first-order valence-electron chi connectivity index (χ1n) is 5.74. The number of hydrogen-bond acceptors (Lipinski definition) is 3. The fourth-order valence-electron chi connectivity index (χ4n) is 1.96. The zero-order valence-electron chi connectivity index (χ0n) is 9.89. The number of rotatable bonds is 1. The molecule has 0 saturated carbocycles. The first kappa shape index (κ1) is 12.3. The van der Waals surface area contributed by atoms with Gasteiger partial charge in [-0.3, -0.25) is 4.79 Å². The normalized spacial score (nSPS) is 16.4. The molecular formula is C15H10ClNOS. The lowest BCUT2D eigenvalue weighted by molar-refractivity contribution is 0.104. The van der Waals surface area contributed by atoms with Gasteiger partial charge in [0, 0.05) is 15.5 Å². The molecule has 0 bridgehead atoms. The molecule has 0 atom stereocenters. The number of halogens is 1. The molecule has 2 aromatic rings. The van der Waals surface area contributed by atoms with Crippen LogP contribution in [-0.2, 0) is 0 Å². The summed E-state index contributed by atoms with van der Waals surface area (Å²) in [4.78, 5) is 13.8. The summed E-state index contributed by atoms with van der Waals surface area (Å²) in [6.45, 7) is 0. The molecule has 1 aliphatic rings. The average Bonchev–Trinajstić information content (AvgIpc) is 2.77. The fourth-order valence-corrected chi connectivity index (χ4v) is 3.15. The van der Waals surface area contributed by atoms with Gasteiger partial charge < -0.3 is 5.73 Å². The van der Waals surface area contributed by atoms with Crippen LogP contribution in [0.25, 0.3) is 5.70 Å². The quantitative estimate of drug-likeness (QED) is 0.808. The fraction of sp³-hybridized carbons (Fsp3) is 0. The Hall–Kier alpha value is -1.71. The molecule has 0 fully saturated rings. The van der Waals surface area contributed by atoms with E-state index in [-0.39, 0.29) is 5.78 Å². The summed E-state index contributed by atoms with van der Waals surface area (Å²) in [5, 5.41) is 0.648. The average molecular weight is 288 g/mol. The van der Waals surface area contributed by atoms with Crippen LogP contribution in [0.2, 0.25) is 5.02 Å². The third kappa shape index (κ3) is 2.15. The predicted octanol–water partition coefficient (Wildman–Crippen LogP) is 3.96. The number of carbonyl (C=O) groups is 1. The number of allylic oxidation sites excluding steroid dienone is 1. The number of nitrogens with two attached hydrogens (primary N) is 1. The Morgan fingerprint density at radius 2 is 1.74 bits per heavy atom. The molecule has 2 aromatic carbocycles. The Labute approximate surface area is 120 Å². The van der Waals surface area contributed by atoms with Gasteiger partial charge in [-0.15, -0.1) is 0 Å². The van der Waals surface area contributed by atoms with Crippen LogP contribution >= 0.6 is 23.4 Å². The van der Waals surface area contributed by atoms with E-state index in [0.29, 0.717) is 15.6 Å². The first-order chi connectivity index (χ1) is 9.16. The molecule has 1 aliphatic heterocycles. The van der Waals surface area contributed by atoms with E-state index in [2.05, 4.69) is 0 Å². The summed E-state index contributed by atoms with van der Waals surface area (Å²) in [7, 11) is 0. The van der Waals surface area contributed by atoms with E-state index < -0.39 is 0 Å². The smallest absolute Gasteiger partial charge is 0.202 e. The summed E-state index contributed by atoms with van der Waals surface area (Å²) in [5.41, 5.74) is 8.15. The van der Waals surface area contributed by atoms with Crippen molar-refractivity contribution < 1.29 is 4.79 Å². The van der Waals surface area contributed by atoms with E-state index in [4.69, 9.17) is 17.3 Å². The van der Waals surface area contributed by atoms with E-state index >= 15 is 0 Å². The monoisotopic (exact) mass is 287 g/mol. The van der Waals surface area contributed by atoms with E-state index in [1.54, 1.807) is 12.1 Å². The molecule has 2 nitrogen and oxygen atoms in total. The molecule has 0 saturated heterocycles. The lowest BCUT2D eigenvalue weighted by Crippen LogP contribution is -2.04. The third-order valence-electron chi connectivity index (χ3n) is 2.95. The largest absolute Gasteiger partial charge is 0.397 e. The molecule has 1 heterocycles. The van der Waals surface area contributed by atoms with E-state index in [0.717, 1.165) is 16.0 Å². The molecule has 0 spiro atoms. The number of carbonyl (C=O) groups excluding carboxylic acids is 1. The second-order valence-electron chi connectivity index (χ2n) is 4.18. The van der Waals surface area contributed by atoms with Crippen molar-refractivity contribution >= 4 is 34.8 Å². The number of hydrogen-bond donors (Lipinski definition) is 1. The van der Waals surface area contributed by atoms with Crippen molar-refractivity contribution in [1.29, 1.82) is 0 Å². The van der Waals surface area contributed by atoms with Gasteiger partial charge in [0.25, 0.3) is 0 Å². The predicted molar refractivity (Wildman–Crippen MR) is 79.2 cm³/mol. The van der Waals surface area contributed by atoms with E-state index in [1.165, 1.54) is 11.8 Å². The van der Waals surface area contributed by atoms with Crippen molar-refractivity contribution in [3.05, 3.63) is 69.6 Å². The van der Waals surface area contributed by atoms with Crippen molar-refractivity contribution in [3.8, 4) is 0 Å². The van der Waals surface area contributed by atoms with Crippen LogP contribution in [0.4, 0.5) is 0 Å². The molecule has 0 amide bonds. The third-order valence-corrected chi connectivity index (χ3v) is 4.39. The SMILES string of the molecule is NC(=C1Sc2ccccc2C1=O)c1ccc(Cl)cc1. The van der Waals surface area contributed by atoms with E-state index in [1.807, 2.05) is 36.4 Å². The van der Waals surface area contributed by atoms with Crippen LogP contribution in [0.5, 0.6) is 0 Å². The molecule has 19 heavy (non-hydrogen) atoms. The highest BCUT2D eigenvalue weighted by Gasteiger charge is 2.27. The maximum atomic E-state index is 12.3. The molecule has 0 aliphatic carbocycles. The van der Waals surface area contributed by atoms with Gasteiger partial charge in [0.05, 0.1) is 10.6 Å². The van der Waals surface area contributed by atoms with Crippen molar-refractivity contribution in [2.75, 3.05) is 0 Å². The minimum atomic E-state index is -0.00644. The number of thioether (sulfide) groups is 1. The van der Waals surface area contributed by atoms with Crippen LogP contribution in [0.15, 0.2) is 58.3 Å². The summed E-state index contributed by atoms with van der Waals surface area (Å²) in [5.74, 6) is -0.00644. The van der Waals surface area contributed by atoms with Gasteiger partial charge in [0.1, 0.15) is 0 Å². The Morgan fingerprint density at radius 1 is 1.05 bits per heavy atom. The Bertz CT molecular complexity index is 692. The second kappa shape index (κ2) is 4.76. The number of ketones is 1. The minimum absolute atomic E-state index is 0.00644. The van der Waals surface area contributed by atoms with E-state index in [9.17, 15) is 4.79 Å². The van der Waals surface area contributed by atoms with Gasteiger partial charge in [-0.25, -0.2) is 0 Å². The number of Topliss-reactive ketones (excluding diaryl/α,β-unsaturated/α-hetero) is 1. The van der Waals surface area contributed by atoms with Gasteiger partial charge in [0.15, 0.2) is 0 Å². The molecular weight excluding hydrogens is 278 g/mol. The summed E-state index contributed by atoms with van der Waals surface area (Å²) < 4.78 is 0. The molecule has 0 aromatic heterocycles.